The van der Waals surface area contributed by atoms with E-state index in [1.807, 2.05) is 42.5 Å². The van der Waals surface area contributed by atoms with Crippen LogP contribution in [-0.2, 0) is 6.54 Å². The van der Waals surface area contributed by atoms with Crippen LogP contribution in [0.15, 0.2) is 66.7 Å². The fourth-order valence-electron chi connectivity index (χ4n) is 2.85. The van der Waals surface area contributed by atoms with Gasteiger partial charge < -0.3 is 9.88 Å². The second kappa shape index (κ2) is 8.51. The van der Waals surface area contributed by atoms with Gasteiger partial charge in [0.25, 0.3) is 5.91 Å². The molecule has 0 aliphatic carbocycles. The summed E-state index contributed by atoms with van der Waals surface area (Å²) in [6, 6.07) is 21.5. The Kier molecular flexibility index (Phi) is 5.88. The first-order valence-corrected chi connectivity index (χ1v) is 9.09. The molecular formula is C21H22N4OS. The van der Waals surface area contributed by atoms with Gasteiger partial charge in [-0.25, -0.2) is 0 Å². The van der Waals surface area contributed by atoms with Gasteiger partial charge >= 0.3 is 0 Å². The van der Waals surface area contributed by atoms with Crippen LogP contribution >= 0.6 is 12.2 Å². The number of nitrogens with one attached hydrogen (secondary N) is 3. The van der Waals surface area contributed by atoms with Crippen LogP contribution in [0.25, 0.3) is 5.69 Å². The summed E-state index contributed by atoms with van der Waals surface area (Å²) < 4.78 is 2.14. The van der Waals surface area contributed by atoms with E-state index in [9.17, 15) is 4.79 Å². The quantitative estimate of drug-likeness (QED) is 0.481. The minimum absolute atomic E-state index is 0.244. The summed E-state index contributed by atoms with van der Waals surface area (Å²) in [5, 5.41) is 3.41. The van der Waals surface area contributed by atoms with Crippen LogP contribution in [0.2, 0.25) is 0 Å². The molecular weight excluding hydrogens is 356 g/mol. The fourth-order valence-corrected chi connectivity index (χ4v) is 2.97. The number of hydrogen-bond acceptors (Lipinski definition) is 2. The molecule has 1 heterocycles. The normalized spacial score (nSPS) is 10.3. The van der Waals surface area contributed by atoms with Gasteiger partial charge in [0, 0.05) is 29.2 Å². The van der Waals surface area contributed by atoms with Crippen LogP contribution in [0.3, 0.4) is 0 Å². The van der Waals surface area contributed by atoms with E-state index in [-0.39, 0.29) is 5.91 Å². The number of hydrogen-bond donors (Lipinski definition) is 3. The maximum atomic E-state index is 12.3. The molecule has 5 nitrogen and oxygen atoms in total. The number of thiocarbonyl (C=S) groups is 1. The van der Waals surface area contributed by atoms with Gasteiger partial charge in [-0.1, -0.05) is 30.3 Å². The third kappa shape index (κ3) is 4.74. The van der Waals surface area contributed by atoms with Crippen LogP contribution in [0.5, 0.6) is 0 Å². The summed E-state index contributed by atoms with van der Waals surface area (Å²) in [6.45, 7) is 4.70. The summed E-state index contributed by atoms with van der Waals surface area (Å²) in [5.74, 6) is -0.244. The SMILES string of the molecule is Cc1ccc(C)n1-c1ccc(C(=O)NNC(=S)NCc2ccccc2)cc1. The first-order valence-electron chi connectivity index (χ1n) is 8.68. The smallest absolute Gasteiger partial charge is 0.269 e. The van der Waals surface area contributed by atoms with Crippen molar-refractivity contribution in [3.05, 3.63) is 89.2 Å². The molecule has 0 aliphatic rings. The lowest BCUT2D eigenvalue weighted by Crippen LogP contribution is -2.46. The standard InChI is InChI=1S/C21H22N4OS/c1-15-8-9-16(2)25(15)19-12-10-18(11-13-19)20(26)23-24-21(27)22-14-17-6-4-3-5-7-17/h3-13H,14H2,1-2H3,(H,23,26)(H2,22,24,27). The van der Waals surface area contributed by atoms with Gasteiger partial charge in [0.15, 0.2) is 5.11 Å². The van der Waals surface area contributed by atoms with Crippen molar-refractivity contribution in [3.8, 4) is 5.69 Å². The van der Waals surface area contributed by atoms with Crippen molar-refractivity contribution in [1.82, 2.24) is 20.7 Å². The van der Waals surface area contributed by atoms with E-state index in [0.717, 1.165) is 22.6 Å². The number of nitrogens with zero attached hydrogens (tertiary/aromatic N) is 1. The summed E-state index contributed by atoms with van der Waals surface area (Å²) in [4.78, 5) is 12.3. The zero-order chi connectivity index (χ0) is 19.2. The van der Waals surface area contributed by atoms with E-state index < -0.39 is 0 Å². The van der Waals surface area contributed by atoms with Crippen LogP contribution in [0, 0.1) is 13.8 Å². The van der Waals surface area contributed by atoms with E-state index in [1.165, 1.54) is 0 Å². The van der Waals surface area contributed by atoms with Crippen molar-refractivity contribution < 1.29 is 4.79 Å². The van der Waals surface area contributed by atoms with Gasteiger partial charge in [-0.3, -0.25) is 15.6 Å². The molecule has 0 spiro atoms. The molecule has 0 aliphatic heterocycles. The lowest BCUT2D eigenvalue weighted by molar-refractivity contribution is 0.0943. The topological polar surface area (TPSA) is 58.1 Å². The third-order valence-corrected chi connectivity index (χ3v) is 4.49. The summed E-state index contributed by atoms with van der Waals surface area (Å²) >= 11 is 5.18. The van der Waals surface area contributed by atoms with Crippen molar-refractivity contribution in [2.24, 2.45) is 0 Å². The Balaban J connectivity index is 1.53. The average molecular weight is 379 g/mol. The summed E-state index contributed by atoms with van der Waals surface area (Å²) in [5.41, 5.74) is 10.3. The highest BCUT2D eigenvalue weighted by molar-refractivity contribution is 7.80. The zero-order valence-electron chi connectivity index (χ0n) is 15.3. The van der Waals surface area contributed by atoms with Crippen LogP contribution in [0.1, 0.15) is 27.3 Å². The highest BCUT2D eigenvalue weighted by Gasteiger charge is 2.08. The predicted octanol–water partition coefficient (Wildman–Crippen LogP) is 3.40. The molecule has 0 saturated carbocycles. The maximum Gasteiger partial charge on any atom is 0.269 e. The molecule has 1 aromatic heterocycles. The van der Waals surface area contributed by atoms with E-state index in [2.05, 4.69) is 46.7 Å². The van der Waals surface area contributed by atoms with Gasteiger partial charge in [0.1, 0.15) is 0 Å². The van der Waals surface area contributed by atoms with Crippen molar-refractivity contribution in [2.45, 2.75) is 20.4 Å². The summed E-state index contributed by atoms with van der Waals surface area (Å²) in [7, 11) is 0. The van der Waals surface area contributed by atoms with E-state index in [4.69, 9.17) is 12.2 Å². The molecule has 0 atom stereocenters. The van der Waals surface area contributed by atoms with E-state index in [0.29, 0.717) is 17.2 Å². The van der Waals surface area contributed by atoms with Gasteiger partial charge in [-0.15, -0.1) is 0 Å². The largest absolute Gasteiger partial charge is 0.357 e. The number of rotatable bonds is 4. The number of carbonyl (C=O) groups excluding carboxylic acids is 1. The molecule has 6 heteroatoms. The van der Waals surface area contributed by atoms with Crippen LogP contribution < -0.4 is 16.2 Å². The monoisotopic (exact) mass is 378 g/mol. The molecule has 0 radical (unpaired) electrons. The third-order valence-electron chi connectivity index (χ3n) is 4.24. The van der Waals surface area contributed by atoms with Gasteiger partial charge in [0.2, 0.25) is 0 Å². The Morgan fingerprint density at radius 2 is 1.52 bits per heavy atom. The zero-order valence-corrected chi connectivity index (χ0v) is 16.1. The van der Waals surface area contributed by atoms with Crippen molar-refractivity contribution >= 4 is 23.2 Å². The Morgan fingerprint density at radius 1 is 0.889 bits per heavy atom. The molecule has 0 fully saturated rings. The molecule has 0 unspecified atom stereocenters. The van der Waals surface area contributed by atoms with Crippen LogP contribution in [-0.4, -0.2) is 15.6 Å². The molecule has 3 aromatic rings. The molecule has 138 valence electrons. The Morgan fingerprint density at radius 3 is 2.15 bits per heavy atom. The van der Waals surface area contributed by atoms with Crippen molar-refractivity contribution in [3.63, 3.8) is 0 Å². The number of benzene rings is 2. The van der Waals surface area contributed by atoms with E-state index in [1.54, 1.807) is 12.1 Å². The molecule has 3 rings (SSSR count). The van der Waals surface area contributed by atoms with Crippen molar-refractivity contribution in [2.75, 3.05) is 0 Å². The Hall–Kier alpha value is -3.12. The molecule has 27 heavy (non-hydrogen) atoms. The predicted molar refractivity (Wildman–Crippen MR) is 112 cm³/mol. The Bertz CT molecular complexity index is 913. The number of hydrazine groups is 1. The average Bonchev–Trinajstić information content (AvgIpc) is 3.03. The van der Waals surface area contributed by atoms with Crippen LogP contribution in [0.4, 0.5) is 0 Å². The minimum Gasteiger partial charge on any atom is -0.357 e. The highest BCUT2D eigenvalue weighted by Crippen LogP contribution is 2.16. The molecule has 0 saturated heterocycles. The van der Waals surface area contributed by atoms with Gasteiger partial charge in [0.05, 0.1) is 0 Å². The lowest BCUT2D eigenvalue weighted by atomic mass is 10.2. The molecule has 0 bridgehead atoms. The maximum absolute atomic E-state index is 12.3. The molecule has 1 amide bonds. The second-order valence-corrected chi connectivity index (χ2v) is 6.65. The second-order valence-electron chi connectivity index (χ2n) is 6.25. The minimum atomic E-state index is -0.244. The number of aromatic nitrogens is 1. The van der Waals surface area contributed by atoms with Gasteiger partial charge in [-0.2, -0.15) is 0 Å². The first-order chi connectivity index (χ1) is 13.0. The number of amides is 1. The van der Waals surface area contributed by atoms with E-state index >= 15 is 0 Å². The van der Waals surface area contributed by atoms with Crippen molar-refractivity contribution in [1.29, 1.82) is 0 Å². The number of carbonyl (C=O) groups is 1. The molecule has 2 aromatic carbocycles. The number of aryl methyl sites for hydroxylation is 2. The fraction of sp³-hybridized carbons (Fsp3) is 0.143. The lowest BCUT2D eigenvalue weighted by Gasteiger charge is -2.13. The molecule has 3 N–H and O–H groups in total. The highest BCUT2D eigenvalue weighted by atomic mass is 32.1. The van der Waals surface area contributed by atoms with Gasteiger partial charge in [-0.05, 0) is 68.0 Å². The Labute approximate surface area is 164 Å². The summed E-state index contributed by atoms with van der Waals surface area (Å²) in [6.07, 6.45) is 0. The first kappa shape index (κ1) is 18.7.